The predicted octanol–water partition coefficient (Wildman–Crippen LogP) is 3.03. The minimum Gasteiger partial charge on any atom is -0.499 e. The third kappa shape index (κ3) is 5.42. The number of methoxy groups -OCH3 is 2. The van der Waals surface area contributed by atoms with Gasteiger partial charge >= 0.3 is 0 Å². The molecule has 230 valence electrons. The van der Waals surface area contributed by atoms with Crippen molar-refractivity contribution in [2.45, 2.75) is 30.8 Å². The van der Waals surface area contributed by atoms with Crippen LogP contribution in [0, 0.1) is 0 Å². The number of pyridine rings is 1. The summed E-state index contributed by atoms with van der Waals surface area (Å²) in [4.78, 5) is 14.6. The number of morpholine rings is 1. The van der Waals surface area contributed by atoms with Crippen molar-refractivity contribution >= 4 is 51.8 Å². The summed E-state index contributed by atoms with van der Waals surface area (Å²) < 4.78 is 18.4. The Balaban J connectivity index is 1.11. The van der Waals surface area contributed by atoms with Crippen LogP contribution in [0.4, 0.5) is 11.4 Å². The van der Waals surface area contributed by atoms with Crippen LogP contribution in [0.2, 0.25) is 0 Å². The number of hydrogen-bond acceptors (Lipinski definition) is 10. The standard InChI is InChI=1S/C31H34Cl2N8O3/c1-42-24-16-25(43-2)28(33)26(27(24)32)23-15-19-17-34-31(37-29(19)41-18-35-38-30(23)41)36-20-3-5-21(6-4-20)39-9-7-22(8-10-39)40-11-13-44-14-12-40/h3-6,15-16,18,22,27H,7-14,17H2,1-2H3,(H,34,36). The Hall–Kier alpha value is -3.64. The van der Waals surface area contributed by atoms with E-state index in [1.54, 1.807) is 26.6 Å². The monoisotopic (exact) mass is 636 g/mol. The molecule has 2 fully saturated rings. The molecule has 4 aliphatic rings. The lowest BCUT2D eigenvalue weighted by Gasteiger charge is -2.40. The lowest BCUT2D eigenvalue weighted by atomic mass is 10.0. The van der Waals surface area contributed by atoms with Gasteiger partial charge in [-0.05, 0) is 43.2 Å². The first kappa shape index (κ1) is 29.1. The van der Waals surface area contributed by atoms with E-state index in [-0.39, 0.29) is 0 Å². The zero-order valence-electron chi connectivity index (χ0n) is 24.7. The van der Waals surface area contributed by atoms with Gasteiger partial charge in [-0.3, -0.25) is 9.30 Å². The van der Waals surface area contributed by atoms with Crippen molar-refractivity contribution in [2.24, 2.45) is 9.98 Å². The van der Waals surface area contributed by atoms with Gasteiger partial charge in [0.15, 0.2) is 5.65 Å². The number of aliphatic imine (C=N–C) groups is 1. The van der Waals surface area contributed by atoms with Crippen LogP contribution < -0.4 is 20.9 Å². The van der Waals surface area contributed by atoms with Crippen molar-refractivity contribution in [3.8, 4) is 0 Å². The van der Waals surface area contributed by atoms with Gasteiger partial charge in [0.25, 0.3) is 0 Å². The second-order valence-electron chi connectivity index (χ2n) is 11.1. The maximum Gasteiger partial charge on any atom is 0.224 e. The lowest BCUT2D eigenvalue weighted by molar-refractivity contribution is 0.0115. The summed E-state index contributed by atoms with van der Waals surface area (Å²) in [6.07, 6.45) is 5.69. The van der Waals surface area contributed by atoms with Gasteiger partial charge in [-0.1, -0.05) is 11.6 Å². The van der Waals surface area contributed by atoms with Crippen LogP contribution in [0.1, 0.15) is 18.4 Å². The lowest BCUT2D eigenvalue weighted by Crippen LogP contribution is -2.49. The van der Waals surface area contributed by atoms with Gasteiger partial charge in [0.2, 0.25) is 5.96 Å². The highest BCUT2D eigenvalue weighted by Gasteiger charge is 2.30. The maximum atomic E-state index is 6.83. The van der Waals surface area contributed by atoms with E-state index in [0.29, 0.717) is 51.8 Å². The molecule has 5 heterocycles. The number of alkyl halides is 1. The Morgan fingerprint density at radius 3 is 2.52 bits per heavy atom. The van der Waals surface area contributed by atoms with Crippen LogP contribution in [0.3, 0.4) is 0 Å². The number of benzene rings is 1. The summed E-state index contributed by atoms with van der Waals surface area (Å²) in [6, 6.07) is 11.1. The number of aromatic nitrogens is 3. The smallest absolute Gasteiger partial charge is 0.224 e. The predicted molar refractivity (Wildman–Crippen MR) is 171 cm³/mol. The molecular weight excluding hydrogens is 603 g/mol. The fourth-order valence-electron chi connectivity index (χ4n) is 6.37. The molecule has 0 spiro atoms. The summed E-state index contributed by atoms with van der Waals surface area (Å²) >= 11 is 13.6. The van der Waals surface area contributed by atoms with Crippen LogP contribution in [-0.4, -0.2) is 90.5 Å². The zero-order chi connectivity index (χ0) is 30.2. The van der Waals surface area contributed by atoms with Crippen molar-refractivity contribution in [3.05, 3.63) is 75.6 Å². The van der Waals surface area contributed by atoms with Gasteiger partial charge in [0.1, 0.15) is 28.7 Å². The molecule has 1 atom stereocenters. The number of halogens is 2. The largest absolute Gasteiger partial charge is 0.499 e. The molecular formula is C31H34Cl2N8O3. The van der Waals surface area contributed by atoms with Crippen molar-refractivity contribution in [2.75, 3.05) is 63.8 Å². The molecule has 11 nitrogen and oxygen atoms in total. The Morgan fingerprint density at radius 1 is 1.02 bits per heavy atom. The summed E-state index contributed by atoms with van der Waals surface area (Å²) in [5, 5.41) is 12.4. The van der Waals surface area contributed by atoms with Gasteiger partial charge in [-0.15, -0.1) is 21.8 Å². The van der Waals surface area contributed by atoms with Crippen LogP contribution in [-0.2, 0) is 20.8 Å². The van der Waals surface area contributed by atoms with E-state index in [0.717, 1.165) is 55.9 Å². The zero-order valence-corrected chi connectivity index (χ0v) is 26.2. The van der Waals surface area contributed by atoms with Crippen LogP contribution >= 0.6 is 23.2 Å². The molecule has 13 heteroatoms. The molecule has 1 unspecified atom stereocenters. The van der Waals surface area contributed by atoms with Gasteiger partial charge < -0.3 is 24.4 Å². The second-order valence-corrected chi connectivity index (χ2v) is 11.9. The van der Waals surface area contributed by atoms with E-state index >= 15 is 0 Å². The molecule has 44 heavy (non-hydrogen) atoms. The summed E-state index contributed by atoms with van der Waals surface area (Å²) in [5.41, 5.74) is 4.94. The molecule has 0 amide bonds. The number of anilines is 2. The van der Waals surface area contributed by atoms with Crippen molar-refractivity contribution in [1.29, 1.82) is 0 Å². The fourth-order valence-corrected chi connectivity index (χ4v) is 7.15. The molecule has 0 radical (unpaired) electrons. The third-order valence-electron chi connectivity index (χ3n) is 8.72. The Morgan fingerprint density at radius 2 is 1.80 bits per heavy atom. The summed E-state index contributed by atoms with van der Waals surface area (Å²) in [7, 11) is 3.12. The molecule has 7 rings (SSSR count). The van der Waals surface area contributed by atoms with Gasteiger partial charge in [0.05, 0.1) is 39.0 Å². The highest BCUT2D eigenvalue weighted by Crippen LogP contribution is 2.36. The minimum absolute atomic E-state index is 0.390. The fraction of sp³-hybridized carbons (Fsp3) is 0.419. The average Bonchev–Trinajstić information content (AvgIpc) is 3.57. The minimum atomic E-state index is -0.634. The van der Waals surface area contributed by atoms with Crippen LogP contribution in [0.5, 0.6) is 0 Å². The molecule has 3 aliphatic heterocycles. The van der Waals surface area contributed by atoms with E-state index in [2.05, 4.69) is 49.6 Å². The third-order valence-corrected chi connectivity index (χ3v) is 9.55. The second kappa shape index (κ2) is 12.4. The highest BCUT2D eigenvalue weighted by molar-refractivity contribution is 6.41. The first-order valence-corrected chi connectivity index (χ1v) is 15.6. The number of piperidine rings is 1. The van der Waals surface area contributed by atoms with Crippen LogP contribution in [0.25, 0.3) is 11.2 Å². The number of guanidine groups is 1. The van der Waals surface area contributed by atoms with Gasteiger partial charge in [-0.2, -0.15) is 4.99 Å². The first-order valence-electron chi connectivity index (χ1n) is 14.8. The molecule has 1 aromatic carbocycles. The number of fused-ring (bicyclic) bond motifs is 3. The number of rotatable bonds is 5. The molecule has 2 aromatic heterocycles. The molecule has 1 aliphatic carbocycles. The SMILES string of the molecule is COC1=CC(OC)=C(Cl)C(=c2cc3c(n4cnnc24)=NC(Nc2ccc(N4CCC(N5CCOCC5)CC4)cc2)=NC3)C1Cl. The van der Waals surface area contributed by atoms with E-state index in [1.807, 2.05) is 10.5 Å². The van der Waals surface area contributed by atoms with Crippen molar-refractivity contribution in [3.63, 3.8) is 0 Å². The quantitative estimate of drug-likeness (QED) is 0.427. The van der Waals surface area contributed by atoms with E-state index in [9.17, 15) is 0 Å². The molecule has 2 saturated heterocycles. The highest BCUT2D eigenvalue weighted by atomic mass is 35.5. The number of hydrogen-bond donors (Lipinski definition) is 1. The summed E-state index contributed by atoms with van der Waals surface area (Å²) in [5.74, 6) is 1.50. The molecule has 0 bridgehead atoms. The normalized spacial score (nSPS) is 22.7. The van der Waals surface area contributed by atoms with E-state index in [1.165, 1.54) is 18.5 Å². The topological polar surface area (TPSA) is 101 Å². The Labute approximate surface area is 265 Å². The van der Waals surface area contributed by atoms with Crippen molar-refractivity contribution in [1.82, 2.24) is 19.5 Å². The average molecular weight is 638 g/mol. The van der Waals surface area contributed by atoms with Gasteiger partial charge in [0, 0.05) is 66.0 Å². The number of nitrogens with zero attached hydrogens (tertiary/aromatic N) is 7. The van der Waals surface area contributed by atoms with Crippen LogP contribution in [0.15, 0.2) is 69.3 Å². The van der Waals surface area contributed by atoms with Crippen molar-refractivity contribution < 1.29 is 14.2 Å². The number of allylic oxidation sites excluding steroid dienone is 3. The molecule has 3 aromatic rings. The summed E-state index contributed by atoms with van der Waals surface area (Å²) in [6.45, 7) is 6.34. The first-order chi connectivity index (χ1) is 21.5. The Bertz CT molecular complexity index is 1770. The van der Waals surface area contributed by atoms with Gasteiger partial charge in [-0.25, -0.2) is 4.99 Å². The Kier molecular flexibility index (Phi) is 8.19. The number of ether oxygens (including phenoxy) is 3. The maximum absolute atomic E-state index is 6.83. The van der Waals surface area contributed by atoms with E-state index < -0.39 is 5.38 Å². The molecule has 1 N–H and O–H groups in total. The van der Waals surface area contributed by atoms with E-state index in [4.69, 9.17) is 47.4 Å². The number of nitrogens with one attached hydrogen (secondary N) is 1. The molecule has 0 saturated carbocycles.